The Morgan fingerprint density at radius 2 is 0.640 bits per heavy atom. The molecule has 0 bridgehead atoms. The Kier molecular flexibility index (Phi) is 16.1. The SMILES string of the molecule is CC(O)[NH+](C(C)O)C(C)O.CC(O)[NH+](C(C)O)C(C)O.O=S(=O)([O-])[O-]. The molecule has 6 atom stereocenters. The highest BCUT2D eigenvalue weighted by atomic mass is 32.3. The molecule has 0 aliphatic heterocycles. The molecule has 0 amide bonds. The Balaban J connectivity index is -0.000000308. The van der Waals surface area contributed by atoms with E-state index in [0.29, 0.717) is 9.80 Å². The summed E-state index contributed by atoms with van der Waals surface area (Å²) in [6.45, 7) is 9.14. The average molecular weight is 396 g/mol. The number of aliphatic hydroxyl groups excluding tert-OH is 6. The molecule has 13 heteroatoms. The second-order valence-corrected chi connectivity index (χ2v) is 6.28. The van der Waals surface area contributed by atoms with Crippen LogP contribution < -0.4 is 9.80 Å². The molecule has 0 saturated carbocycles. The van der Waals surface area contributed by atoms with Crippen molar-refractivity contribution in [3.8, 4) is 0 Å². The first-order chi connectivity index (χ1) is 10.9. The normalized spacial score (nSPS) is 21.0. The van der Waals surface area contributed by atoms with Gasteiger partial charge in [0.1, 0.15) is 0 Å². The molecule has 0 aromatic heterocycles. The lowest BCUT2D eigenvalue weighted by Gasteiger charge is -2.26. The van der Waals surface area contributed by atoms with Crippen LogP contribution >= 0.6 is 0 Å². The Labute approximate surface area is 148 Å². The third kappa shape index (κ3) is 19.7. The fraction of sp³-hybridized carbons (Fsp3) is 1.00. The van der Waals surface area contributed by atoms with Crippen molar-refractivity contribution in [3.63, 3.8) is 0 Å². The first kappa shape index (κ1) is 29.3. The van der Waals surface area contributed by atoms with Gasteiger partial charge in [0.2, 0.25) is 0 Å². The maximum atomic E-state index is 9.00. The first-order valence-corrected chi connectivity index (χ1v) is 8.75. The summed E-state index contributed by atoms with van der Waals surface area (Å²) in [5, 5.41) is 54.0. The Morgan fingerprint density at radius 1 is 0.560 bits per heavy atom. The third-order valence-electron chi connectivity index (χ3n) is 2.89. The lowest BCUT2D eigenvalue weighted by Crippen LogP contribution is -3.21. The zero-order valence-electron chi connectivity index (χ0n) is 15.2. The molecule has 0 saturated heterocycles. The molecule has 6 unspecified atom stereocenters. The van der Waals surface area contributed by atoms with E-state index in [2.05, 4.69) is 0 Å². The van der Waals surface area contributed by atoms with E-state index in [1.165, 1.54) is 41.5 Å². The fourth-order valence-electron chi connectivity index (χ4n) is 2.09. The molecule has 0 aromatic rings. The van der Waals surface area contributed by atoms with Gasteiger partial charge in [0.25, 0.3) is 0 Å². The predicted molar refractivity (Wildman–Crippen MR) is 82.5 cm³/mol. The molecule has 25 heavy (non-hydrogen) atoms. The van der Waals surface area contributed by atoms with Crippen LogP contribution in [0.2, 0.25) is 0 Å². The highest BCUT2D eigenvalue weighted by Crippen LogP contribution is 1.75. The van der Waals surface area contributed by atoms with Crippen LogP contribution in [-0.4, -0.2) is 85.5 Å². The van der Waals surface area contributed by atoms with Crippen LogP contribution in [0.4, 0.5) is 0 Å². The van der Waals surface area contributed by atoms with Gasteiger partial charge in [0.05, 0.1) is 0 Å². The lowest BCUT2D eigenvalue weighted by molar-refractivity contribution is -1.02. The van der Waals surface area contributed by atoms with Crippen molar-refractivity contribution in [2.75, 3.05) is 0 Å². The maximum absolute atomic E-state index is 9.00. The van der Waals surface area contributed by atoms with E-state index in [-0.39, 0.29) is 0 Å². The van der Waals surface area contributed by atoms with E-state index in [1.807, 2.05) is 0 Å². The molecule has 0 fully saturated rings. The zero-order valence-corrected chi connectivity index (χ0v) is 16.0. The van der Waals surface area contributed by atoms with Crippen LogP contribution in [0.15, 0.2) is 0 Å². The minimum absolute atomic E-state index is 0.361. The topological polar surface area (TPSA) is 211 Å². The molecular formula is C12H32N2O10S. The fourth-order valence-corrected chi connectivity index (χ4v) is 2.09. The minimum Gasteiger partial charge on any atom is -0.759 e. The van der Waals surface area contributed by atoms with Crippen LogP contribution in [0.25, 0.3) is 0 Å². The number of quaternary nitrogens is 2. The summed E-state index contributed by atoms with van der Waals surface area (Å²) < 4.78 is 34.1. The van der Waals surface area contributed by atoms with Crippen molar-refractivity contribution < 1.29 is 58.0 Å². The zero-order chi connectivity index (χ0) is 21.1. The molecule has 8 N–H and O–H groups in total. The largest absolute Gasteiger partial charge is 0.759 e. The molecule has 0 rings (SSSR count). The van der Waals surface area contributed by atoms with Gasteiger partial charge in [0.15, 0.2) is 37.4 Å². The van der Waals surface area contributed by atoms with Crippen LogP contribution in [0, 0.1) is 0 Å². The first-order valence-electron chi connectivity index (χ1n) is 7.41. The van der Waals surface area contributed by atoms with Gasteiger partial charge in [-0.3, -0.25) is 18.2 Å². The summed E-state index contributed by atoms with van der Waals surface area (Å²) in [6.07, 6.45) is -4.50. The number of hydrogen-bond donors (Lipinski definition) is 8. The van der Waals surface area contributed by atoms with Gasteiger partial charge in [-0.2, -0.15) is 0 Å². The second-order valence-electron chi connectivity index (χ2n) is 5.46. The van der Waals surface area contributed by atoms with Crippen LogP contribution in [0.3, 0.4) is 0 Å². The van der Waals surface area contributed by atoms with E-state index in [0.717, 1.165) is 0 Å². The van der Waals surface area contributed by atoms with Gasteiger partial charge in [-0.1, -0.05) is 0 Å². The van der Waals surface area contributed by atoms with Crippen LogP contribution in [0.5, 0.6) is 0 Å². The van der Waals surface area contributed by atoms with Crippen molar-refractivity contribution in [1.29, 1.82) is 0 Å². The van der Waals surface area contributed by atoms with Crippen molar-refractivity contribution in [2.45, 2.75) is 78.9 Å². The summed E-state index contributed by atoms with van der Waals surface area (Å²) in [5.41, 5.74) is 0. The van der Waals surface area contributed by atoms with Gasteiger partial charge in [-0.05, 0) is 0 Å². The average Bonchev–Trinajstić information content (AvgIpc) is 2.22. The standard InChI is InChI=1S/2C6H15NO3.H2O4S/c2*1-4(8)7(5(2)9)6(3)10;1-5(2,3)4/h2*4-6,8-10H,1-3H3;(H2,1,2,3,4). The molecule has 0 radical (unpaired) electrons. The Bertz CT molecular complexity index is 342. The molecule has 0 spiro atoms. The van der Waals surface area contributed by atoms with Crippen molar-refractivity contribution in [2.24, 2.45) is 0 Å². The second kappa shape index (κ2) is 13.7. The van der Waals surface area contributed by atoms with E-state index < -0.39 is 47.8 Å². The quantitative estimate of drug-likeness (QED) is 0.121. The number of aliphatic hydroxyl groups is 6. The van der Waals surface area contributed by atoms with E-state index in [4.69, 9.17) is 48.2 Å². The molecule has 0 aromatic carbocycles. The van der Waals surface area contributed by atoms with Gasteiger partial charge in [0, 0.05) is 51.9 Å². The van der Waals surface area contributed by atoms with Crippen molar-refractivity contribution in [1.82, 2.24) is 0 Å². The molecule has 12 nitrogen and oxygen atoms in total. The van der Waals surface area contributed by atoms with Gasteiger partial charge in [-0.15, -0.1) is 0 Å². The number of hydrogen-bond acceptors (Lipinski definition) is 10. The van der Waals surface area contributed by atoms with Crippen LogP contribution in [-0.2, 0) is 10.4 Å². The van der Waals surface area contributed by atoms with E-state index in [1.54, 1.807) is 0 Å². The number of rotatable bonds is 6. The number of nitrogens with one attached hydrogen (secondary N) is 2. The molecule has 156 valence electrons. The Hall–Kier alpha value is -0.450. The monoisotopic (exact) mass is 396 g/mol. The summed E-state index contributed by atoms with van der Waals surface area (Å²) in [7, 11) is -5.17. The van der Waals surface area contributed by atoms with Gasteiger partial charge >= 0.3 is 0 Å². The smallest absolute Gasteiger partial charge is 0.190 e. The van der Waals surface area contributed by atoms with E-state index >= 15 is 0 Å². The van der Waals surface area contributed by atoms with Crippen LogP contribution in [0.1, 0.15) is 41.5 Å². The minimum atomic E-state index is -5.17. The highest BCUT2D eigenvalue weighted by Gasteiger charge is 2.25. The molecule has 0 aliphatic rings. The molecular weight excluding hydrogens is 364 g/mol. The summed E-state index contributed by atoms with van der Waals surface area (Å²) >= 11 is 0. The maximum Gasteiger partial charge on any atom is 0.190 e. The molecule has 0 heterocycles. The highest BCUT2D eigenvalue weighted by molar-refractivity contribution is 7.79. The van der Waals surface area contributed by atoms with E-state index in [9.17, 15) is 0 Å². The summed E-state index contributed by atoms with van der Waals surface area (Å²) in [4.78, 5) is 0.722. The summed E-state index contributed by atoms with van der Waals surface area (Å²) in [5.74, 6) is 0. The van der Waals surface area contributed by atoms with Gasteiger partial charge in [-0.25, -0.2) is 0 Å². The Morgan fingerprint density at radius 3 is 0.640 bits per heavy atom. The predicted octanol–water partition coefficient (Wildman–Crippen LogP) is -5.57. The van der Waals surface area contributed by atoms with Crippen molar-refractivity contribution in [3.05, 3.63) is 0 Å². The lowest BCUT2D eigenvalue weighted by atomic mass is 10.4. The third-order valence-corrected chi connectivity index (χ3v) is 2.89. The molecule has 0 aliphatic carbocycles. The van der Waals surface area contributed by atoms with Crippen molar-refractivity contribution >= 4 is 10.4 Å². The van der Waals surface area contributed by atoms with Gasteiger partial charge < -0.3 is 39.7 Å². The summed E-state index contributed by atoms with van der Waals surface area (Å²) in [6, 6.07) is 0.